The van der Waals surface area contributed by atoms with Gasteiger partial charge in [-0.3, -0.25) is 14.4 Å². The predicted molar refractivity (Wildman–Crippen MR) is 132 cm³/mol. The molecule has 178 valence electrons. The van der Waals surface area contributed by atoms with Crippen molar-refractivity contribution in [3.8, 4) is 16.9 Å². The van der Waals surface area contributed by atoms with E-state index in [-0.39, 0.29) is 30.7 Å². The average Bonchev–Trinajstić information content (AvgIpc) is 2.88. The third kappa shape index (κ3) is 5.60. The van der Waals surface area contributed by atoms with Crippen LogP contribution in [0.15, 0.2) is 77.6 Å². The van der Waals surface area contributed by atoms with E-state index in [2.05, 4.69) is 10.3 Å². The molecule has 0 bridgehead atoms. The fraction of sp³-hybridized carbons (Fsp3) is 0.222. The molecular weight excluding hydrogens is 446 g/mol. The zero-order valence-electron chi connectivity index (χ0n) is 19.3. The Morgan fingerprint density at radius 2 is 1.63 bits per heavy atom. The van der Waals surface area contributed by atoms with Gasteiger partial charge in [0.05, 0.1) is 17.9 Å². The van der Waals surface area contributed by atoms with Gasteiger partial charge >= 0.3 is 5.97 Å². The Morgan fingerprint density at radius 3 is 2.29 bits per heavy atom. The number of fused-ring (bicyclic) bond motifs is 1. The Morgan fingerprint density at radius 1 is 0.971 bits per heavy atom. The number of carbonyl (C=O) groups is 2. The van der Waals surface area contributed by atoms with E-state index in [1.165, 1.54) is 0 Å². The van der Waals surface area contributed by atoms with Crippen molar-refractivity contribution in [1.82, 2.24) is 15.0 Å². The highest BCUT2D eigenvalue weighted by Gasteiger charge is 2.22. The first kappa shape index (κ1) is 23.8. The summed E-state index contributed by atoms with van der Waals surface area (Å²) in [6, 6.07) is 21.6. The van der Waals surface area contributed by atoms with E-state index in [4.69, 9.17) is 4.74 Å². The minimum atomic E-state index is -1.09. The van der Waals surface area contributed by atoms with Crippen molar-refractivity contribution in [2.75, 3.05) is 6.61 Å². The molecular formula is C27H25N3O5. The zero-order chi connectivity index (χ0) is 24.8. The van der Waals surface area contributed by atoms with E-state index in [0.29, 0.717) is 23.1 Å². The number of carboxylic acids is 1. The van der Waals surface area contributed by atoms with E-state index in [9.17, 15) is 19.5 Å². The van der Waals surface area contributed by atoms with Crippen molar-refractivity contribution >= 4 is 22.7 Å². The van der Waals surface area contributed by atoms with Crippen molar-refractivity contribution in [2.45, 2.75) is 26.3 Å². The summed E-state index contributed by atoms with van der Waals surface area (Å²) in [6.07, 6.45) is -0.0915. The van der Waals surface area contributed by atoms with Crippen molar-refractivity contribution < 1.29 is 19.4 Å². The second-order valence-electron chi connectivity index (χ2n) is 8.12. The number of Topliss-reactive ketones (excluding diaryl/α,β-unsaturated/α-hetero) is 1. The highest BCUT2D eigenvalue weighted by molar-refractivity contribution is 5.98. The minimum Gasteiger partial charge on any atom is -0.494 e. The fourth-order valence-corrected chi connectivity index (χ4v) is 3.86. The van der Waals surface area contributed by atoms with Gasteiger partial charge in [0.2, 0.25) is 0 Å². The molecule has 1 unspecified atom stereocenters. The number of carbonyl (C=O) groups excluding carboxylic acids is 1. The van der Waals surface area contributed by atoms with Crippen LogP contribution in [0.1, 0.15) is 30.1 Å². The van der Waals surface area contributed by atoms with Crippen molar-refractivity contribution in [3.63, 3.8) is 0 Å². The van der Waals surface area contributed by atoms with Crippen LogP contribution < -0.4 is 10.3 Å². The van der Waals surface area contributed by atoms with Gasteiger partial charge in [-0.05, 0) is 48.7 Å². The number of benzene rings is 3. The summed E-state index contributed by atoms with van der Waals surface area (Å²) in [5.74, 6) is -1.52. The molecule has 4 rings (SSSR count). The van der Waals surface area contributed by atoms with Crippen LogP contribution in [-0.2, 0) is 11.3 Å². The average molecular weight is 472 g/mol. The maximum absolute atomic E-state index is 12.8. The second-order valence-corrected chi connectivity index (χ2v) is 8.12. The topological polar surface area (TPSA) is 111 Å². The van der Waals surface area contributed by atoms with Gasteiger partial charge in [0, 0.05) is 18.5 Å². The highest BCUT2D eigenvalue weighted by Crippen LogP contribution is 2.24. The molecule has 0 spiro atoms. The zero-order valence-corrected chi connectivity index (χ0v) is 19.3. The molecule has 8 heteroatoms. The Balaban J connectivity index is 1.42. The molecule has 0 aliphatic heterocycles. The van der Waals surface area contributed by atoms with E-state index in [0.717, 1.165) is 21.6 Å². The van der Waals surface area contributed by atoms with Crippen LogP contribution in [0.2, 0.25) is 0 Å². The molecule has 8 nitrogen and oxygen atoms in total. The maximum Gasteiger partial charge on any atom is 0.307 e. The lowest BCUT2D eigenvalue weighted by molar-refractivity contribution is -0.142. The molecule has 0 saturated carbocycles. The lowest BCUT2D eigenvalue weighted by Crippen LogP contribution is -2.27. The smallest absolute Gasteiger partial charge is 0.307 e. The van der Waals surface area contributed by atoms with Gasteiger partial charge < -0.3 is 9.84 Å². The SMILES string of the molecule is CCOc1ccc(-c2ccc(C(=O)CC(CCn3nnc4ccccc4c3=O)C(=O)O)cc2)cc1. The van der Waals surface area contributed by atoms with E-state index >= 15 is 0 Å². The summed E-state index contributed by atoms with van der Waals surface area (Å²) in [5, 5.41) is 18.0. The van der Waals surface area contributed by atoms with Crippen molar-refractivity contribution in [1.29, 1.82) is 0 Å². The van der Waals surface area contributed by atoms with Gasteiger partial charge in [-0.2, -0.15) is 0 Å². The highest BCUT2D eigenvalue weighted by atomic mass is 16.5. The molecule has 0 saturated heterocycles. The first-order valence-electron chi connectivity index (χ1n) is 11.4. The minimum absolute atomic E-state index is 0.0532. The number of nitrogens with zero attached hydrogens (tertiary/aromatic N) is 3. The molecule has 0 radical (unpaired) electrons. The van der Waals surface area contributed by atoms with Crippen LogP contribution in [-0.4, -0.2) is 38.5 Å². The number of aliphatic carboxylic acids is 1. The van der Waals surface area contributed by atoms with Gasteiger partial charge in [-0.25, -0.2) is 4.68 Å². The van der Waals surface area contributed by atoms with Crippen molar-refractivity contribution in [2.24, 2.45) is 5.92 Å². The number of ether oxygens (including phenoxy) is 1. The Labute approximate surface area is 201 Å². The van der Waals surface area contributed by atoms with Gasteiger partial charge in [0.1, 0.15) is 11.3 Å². The van der Waals surface area contributed by atoms with Gasteiger partial charge in [0.25, 0.3) is 5.56 Å². The molecule has 0 aliphatic rings. The number of hydrogen-bond acceptors (Lipinski definition) is 6. The van der Waals surface area contributed by atoms with Crippen LogP contribution in [0.5, 0.6) is 5.75 Å². The predicted octanol–water partition coefficient (Wildman–Crippen LogP) is 4.22. The Bertz CT molecular complexity index is 1400. The van der Waals surface area contributed by atoms with Gasteiger partial charge in [-0.1, -0.05) is 53.7 Å². The summed E-state index contributed by atoms with van der Waals surface area (Å²) in [7, 11) is 0. The monoisotopic (exact) mass is 471 g/mol. The number of aromatic nitrogens is 3. The molecule has 0 fully saturated rings. The summed E-state index contributed by atoms with van der Waals surface area (Å²) in [4.78, 5) is 37.2. The fourth-order valence-electron chi connectivity index (χ4n) is 3.86. The molecule has 1 atom stereocenters. The Kier molecular flexibility index (Phi) is 7.30. The number of carboxylic acid groups (broad SMARTS) is 1. The van der Waals surface area contributed by atoms with Gasteiger partial charge in [-0.15, -0.1) is 5.10 Å². The summed E-state index contributed by atoms with van der Waals surface area (Å²) >= 11 is 0. The summed E-state index contributed by atoms with van der Waals surface area (Å²) in [5.41, 5.74) is 2.50. The second kappa shape index (κ2) is 10.7. The molecule has 0 aliphatic carbocycles. The lowest BCUT2D eigenvalue weighted by atomic mass is 9.94. The third-order valence-electron chi connectivity index (χ3n) is 5.81. The summed E-state index contributed by atoms with van der Waals surface area (Å²) < 4.78 is 6.61. The molecule has 1 N–H and O–H groups in total. The van der Waals surface area contributed by atoms with E-state index in [1.54, 1.807) is 36.4 Å². The van der Waals surface area contributed by atoms with Crippen LogP contribution in [0.4, 0.5) is 0 Å². The number of rotatable bonds is 10. The van der Waals surface area contributed by atoms with Crippen LogP contribution in [0.25, 0.3) is 22.0 Å². The standard InChI is InChI=1S/C27H25N3O5/c1-2-35-22-13-11-19(12-14-22)18-7-9-20(10-8-18)25(31)17-21(27(33)34)15-16-30-26(32)23-5-3-4-6-24(23)28-29-30/h3-14,21H,2,15-17H2,1H3,(H,33,34). The van der Waals surface area contributed by atoms with E-state index < -0.39 is 11.9 Å². The normalized spacial score (nSPS) is 11.8. The first-order chi connectivity index (χ1) is 17.0. The maximum atomic E-state index is 12.8. The summed E-state index contributed by atoms with van der Waals surface area (Å²) in [6.45, 7) is 2.58. The molecule has 1 heterocycles. The van der Waals surface area contributed by atoms with Crippen LogP contribution in [0, 0.1) is 5.92 Å². The Hall–Kier alpha value is -4.33. The van der Waals surface area contributed by atoms with Gasteiger partial charge in [0.15, 0.2) is 5.78 Å². The number of hydrogen-bond donors (Lipinski definition) is 1. The molecule has 3 aromatic carbocycles. The number of aryl methyl sites for hydroxylation is 1. The van der Waals surface area contributed by atoms with Crippen LogP contribution in [0.3, 0.4) is 0 Å². The molecule has 4 aromatic rings. The van der Waals surface area contributed by atoms with Crippen LogP contribution >= 0.6 is 0 Å². The molecule has 0 amide bonds. The largest absolute Gasteiger partial charge is 0.494 e. The number of ketones is 1. The quantitative estimate of drug-likeness (QED) is 0.345. The lowest BCUT2D eigenvalue weighted by Gasteiger charge is -2.12. The molecule has 35 heavy (non-hydrogen) atoms. The molecule has 1 aromatic heterocycles. The van der Waals surface area contributed by atoms with Crippen molar-refractivity contribution in [3.05, 3.63) is 88.7 Å². The third-order valence-corrected chi connectivity index (χ3v) is 5.81. The first-order valence-corrected chi connectivity index (χ1v) is 11.4. The van der Waals surface area contributed by atoms with E-state index in [1.807, 2.05) is 43.3 Å².